The Morgan fingerprint density at radius 1 is 1.29 bits per heavy atom. The monoisotopic (exact) mass is 230 g/mol. The molecule has 1 aromatic carbocycles. The number of rotatable bonds is 1. The van der Waals surface area contributed by atoms with Crippen LogP contribution in [0.15, 0.2) is 29.4 Å². The van der Waals surface area contributed by atoms with Gasteiger partial charge in [0, 0.05) is 17.6 Å². The van der Waals surface area contributed by atoms with E-state index in [0.29, 0.717) is 0 Å². The van der Waals surface area contributed by atoms with Gasteiger partial charge in [-0.2, -0.15) is 4.91 Å². The zero-order valence-corrected chi connectivity index (χ0v) is 9.98. The third-order valence-electron chi connectivity index (χ3n) is 4.48. The summed E-state index contributed by atoms with van der Waals surface area (Å²) in [6, 6.07) is 8.48. The van der Waals surface area contributed by atoms with Crippen LogP contribution in [0, 0.1) is 10.3 Å². The van der Waals surface area contributed by atoms with E-state index in [2.05, 4.69) is 34.8 Å². The van der Waals surface area contributed by atoms with E-state index in [9.17, 15) is 4.91 Å². The largest absolute Gasteiger partial charge is 0.385 e. The molecule has 0 aromatic heterocycles. The molecule has 3 heteroatoms. The normalized spacial score (nSPS) is 31.6. The van der Waals surface area contributed by atoms with Crippen molar-refractivity contribution in [2.24, 2.45) is 10.6 Å². The van der Waals surface area contributed by atoms with Gasteiger partial charge in [-0.3, -0.25) is 0 Å². The standard InChI is InChI=1S/C14H18N2O/c17-16-13-6-3-7-14(13)8-9-15-12-5-2-1-4-11(12)10-14/h1-2,4-5,13,15H,3,6-10H2. The van der Waals surface area contributed by atoms with Gasteiger partial charge >= 0.3 is 0 Å². The van der Waals surface area contributed by atoms with Crippen LogP contribution in [0.3, 0.4) is 0 Å². The molecule has 2 atom stereocenters. The molecule has 1 aliphatic heterocycles. The summed E-state index contributed by atoms with van der Waals surface area (Å²) < 4.78 is 0. The maximum Gasteiger partial charge on any atom is 0.0979 e. The Morgan fingerprint density at radius 3 is 3.06 bits per heavy atom. The molecule has 0 saturated heterocycles. The van der Waals surface area contributed by atoms with Crippen LogP contribution in [-0.2, 0) is 6.42 Å². The Labute approximate surface area is 102 Å². The van der Waals surface area contributed by atoms with Crippen molar-refractivity contribution in [1.82, 2.24) is 0 Å². The van der Waals surface area contributed by atoms with Crippen molar-refractivity contribution in [3.05, 3.63) is 34.7 Å². The molecule has 2 aliphatic rings. The van der Waals surface area contributed by atoms with Gasteiger partial charge in [0.2, 0.25) is 0 Å². The maximum absolute atomic E-state index is 11.0. The number of hydrogen-bond donors (Lipinski definition) is 1. The molecule has 1 saturated carbocycles. The topological polar surface area (TPSA) is 41.5 Å². The second-order valence-corrected chi connectivity index (χ2v) is 5.39. The zero-order chi connectivity index (χ0) is 11.7. The Hall–Kier alpha value is -1.38. The van der Waals surface area contributed by atoms with E-state index in [-0.39, 0.29) is 11.5 Å². The maximum atomic E-state index is 11.0. The molecule has 1 fully saturated rings. The number of nitrogens with one attached hydrogen (secondary N) is 1. The van der Waals surface area contributed by atoms with Gasteiger partial charge in [-0.25, -0.2) is 0 Å². The number of benzene rings is 1. The number of para-hydroxylation sites is 1. The Bertz CT molecular complexity index is 432. The minimum absolute atomic E-state index is 0.0236. The fraction of sp³-hybridized carbons (Fsp3) is 0.571. The van der Waals surface area contributed by atoms with Crippen LogP contribution in [0.25, 0.3) is 0 Å². The highest BCUT2D eigenvalue weighted by Gasteiger charge is 2.44. The van der Waals surface area contributed by atoms with Gasteiger partial charge in [0.1, 0.15) is 0 Å². The van der Waals surface area contributed by atoms with Crippen LogP contribution >= 0.6 is 0 Å². The molecule has 0 bridgehead atoms. The number of fused-ring (bicyclic) bond motifs is 1. The Balaban J connectivity index is 1.96. The first-order valence-electron chi connectivity index (χ1n) is 6.48. The van der Waals surface area contributed by atoms with Crippen LogP contribution in [-0.4, -0.2) is 12.6 Å². The summed E-state index contributed by atoms with van der Waals surface area (Å²) in [6.07, 6.45) is 5.36. The van der Waals surface area contributed by atoms with E-state index < -0.39 is 0 Å². The van der Waals surface area contributed by atoms with Gasteiger partial charge in [-0.05, 0) is 37.3 Å². The quantitative estimate of drug-likeness (QED) is 0.752. The Morgan fingerprint density at radius 2 is 2.18 bits per heavy atom. The lowest BCUT2D eigenvalue weighted by atomic mass is 9.75. The molecule has 3 rings (SSSR count). The lowest BCUT2D eigenvalue weighted by Crippen LogP contribution is -2.31. The smallest absolute Gasteiger partial charge is 0.0979 e. The summed E-state index contributed by atoms with van der Waals surface area (Å²) in [5.41, 5.74) is 2.71. The van der Waals surface area contributed by atoms with Gasteiger partial charge in [-0.15, -0.1) is 0 Å². The average Bonchev–Trinajstić information content (AvgIpc) is 2.64. The van der Waals surface area contributed by atoms with Gasteiger partial charge < -0.3 is 5.32 Å². The predicted octanol–water partition coefficient (Wildman–Crippen LogP) is 3.35. The van der Waals surface area contributed by atoms with E-state index in [1.54, 1.807) is 0 Å². The highest BCUT2D eigenvalue weighted by Crippen LogP contribution is 2.47. The van der Waals surface area contributed by atoms with E-state index in [0.717, 1.165) is 38.6 Å². The number of nitrogens with zero attached hydrogens (tertiary/aromatic N) is 1. The second-order valence-electron chi connectivity index (χ2n) is 5.39. The van der Waals surface area contributed by atoms with Crippen molar-refractivity contribution in [1.29, 1.82) is 0 Å². The third kappa shape index (κ3) is 1.74. The minimum Gasteiger partial charge on any atom is -0.385 e. The van der Waals surface area contributed by atoms with E-state index in [1.807, 2.05) is 0 Å². The highest BCUT2D eigenvalue weighted by molar-refractivity contribution is 5.52. The zero-order valence-electron chi connectivity index (χ0n) is 9.98. The van der Waals surface area contributed by atoms with Crippen LogP contribution in [0.2, 0.25) is 0 Å². The van der Waals surface area contributed by atoms with Crippen molar-refractivity contribution < 1.29 is 0 Å². The van der Waals surface area contributed by atoms with Gasteiger partial charge in [0.05, 0.1) is 6.04 Å². The molecule has 3 nitrogen and oxygen atoms in total. The first-order valence-corrected chi connectivity index (χ1v) is 6.48. The van der Waals surface area contributed by atoms with Crippen LogP contribution in [0.5, 0.6) is 0 Å². The number of nitroso groups, excluding NO2 is 1. The average molecular weight is 230 g/mol. The second kappa shape index (κ2) is 4.13. The first kappa shape index (κ1) is 10.8. The summed E-state index contributed by atoms with van der Waals surface area (Å²) in [4.78, 5) is 11.0. The van der Waals surface area contributed by atoms with Crippen LogP contribution < -0.4 is 5.32 Å². The summed E-state index contributed by atoms with van der Waals surface area (Å²) >= 11 is 0. The molecule has 90 valence electrons. The molecular weight excluding hydrogens is 212 g/mol. The van der Waals surface area contributed by atoms with E-state index in [1.165, 1.54) is 11.3 Å². The van der Waals surface area contributed by atoms with E-state index >= 15 is 0 Å². The molecule has 1 aromatic rings. The Kier molecular flexibility index (Phi) is 2.61. The molecular formula is C14H18N2O. The third-order valence-corrected chi connectivity index (χ3v) is 4.48. The van der Waals surface area contributed by atoms with Crippen molar-refractivity contribution in [3.8, 4) is 0 Å². The highest BCUT2D eigenvalue weighted by atomic mass is 16.3. The lowest BCUT2D eigenvalue weighted by Gasteiger charge is -2.30. The van der Waals surface area contributed by atoms with Crippen molar-refractivity contribution in [2.45, 2.75) is 38.1 Å². The van der Waals surface area contributed by atoms with Crippen molar-refractivity contribution in [2.75, 3.05) is 11.9 Å². The summed E-state index contributed by atoms with van der Waals surface area (Å²) in [5, 5.41) is 6.88. The molecule has 1 heterocycles. The number of hydrogen-bond acceptors (Lipinski definition) is 3. The predicted molar refractivity (Wildman–Crippen MR) is 69.1 cm³/mol. The van der Waals surface area contributed by atoms with Gasteiger partial charge in [0.15, 0.2) is 0 Å². The van der Waals surface area contributed by atoms with Crippen molar-refractivity contribution >= 4 is 5.69 Å². The molecule has 0 radical (unpaired) electrons. The summed E-state index contributed by atoms with van der Waals surface area (Å²) in [6.45, 7) is 0.961. The molecule has 0 amide bonds. The fourth-order valence-corrected chi connectivity index (χ4v) is 3.54. The minimum atomic E-state index is 0.0236. The fourth-order valence-electron chi connectivity index (χ4n) is 3.54. The van der Waals surface area contributed by atoms with E-state index in [4.69, 9.17) is 0 Å². The number of anilines is 1. The molecule has 17 heavy (non-hydrogen) atoms. The van der Waals surface area contributed by atoms with Crippen LogP contribution in [0.4, 0.5) is 5.69 Å². The molecule has 1 N–H and O–H groups in total. The molecule has 1 aliphatic carbocycles. The van der Waals surface area contributed by atoms with Crippen LogP contribution in [0.1, 0.15) is 31.2 Å². The molecule has 2 unspecified atom stereocenters. The van der Waals surface area contributed by atoms with Gasteiger partial charge in [0.25, 0.3) is 0 Å². The lowest BCUT2D eigenvalue weighted by molar-refractivity contribution is 0.246. The van der Waals surface area contributed by atoms with Crippen molar-refractivity contribution in [3.63, 3.8) is 0 Å². The SMILES string of the molecule is O=NC1CCCC12CCNc1ccccc1C2. The summed E-state index contributed by atoms with van der Waals surface area (Å²) in [7, 11) is 0. The first-order chi connectivity index (χ1) is 8.34. The van der Waals surface area contributed by atoms with Gasteiger partial charge in [-0.1, -0.05) is 29.8 Å². The molecule has 1 spiro atoms. The summed E-state index contributed by atoms with van der Waals surface area (Å²) in [5.74, 6) is 0.